The van der Waals surface area contributed by atoms with Gasteiger partial charge in [-0.3, -0.25) is 0 Å². The van der Waals surface area contributed by atoms with Gasteiger partial charge in [0, 0.05) is 17.3 Å². The van der Waals surface area contributed by atoms with E-state index in [4.69, 9.17) is 11.6 Å². The number of allylic oxidation sites excluding steroid dienone is 1. The van der Waals surface area contributed by atoms with Crippen molar-refractivity contribution in [3.8, 4) is 0 Å². The Kier molecular flexibility index (Phi) is 7.57. The number of hydrogen-bond donors (Lipinski definition) is 1. The van der Waals surface area contributed by atoms with Gasteiger partial charge in [-0.05, 0) is 37.1 Å². The summed E-state index contributed by atoms with van der Waals surface area (Å²) in [6, 6.07) is 7.80. The second kappa shape index (κ2) is 9.12. The van der Waals surface area contributed by atoms with Crippen molar-refractivity contribution in [3.63, 3.8) is 0 Å². The molecular weight excluding hydrogens is 230 g/mol. The molecule has 0 radical (unpaired) electrons. The standard InChI is InChI=1S/C15H22ClN/c1-2-3-4-5-6-7-8-13-17-15-11-9-14(16)10-12-15/h7-12,17H,2-6,13H2,1H3/b8-7+. The third kappa shape index (κ3) is 7.06. The minimum absolute atomic E-state index is 0.780. The number of nitrogens with one attached hydrogen (secondary N) is 1. The van der Waals surface area contributed by atoms with E-state index >= 15 is 0 Å². The highest BCUT2D eigenvalue weighted by molar-refractivity contribution is 6.30. The highest BCUT2D eigenvalue weighted by Gasteiger charge is 1.89. The molecule has 1 rings (SSSR count). The van der Waals surface area contributed by atoms with Crippen LogP contribution in [-0.2, 0) is 0 Å². The molecule has 0 spiro atoms. The normalized spacial score (nSPS) is 10.9. The largest absolute Gasteiger partial charge is 0.382 e. The monoisotopic (exact) mass is 251 g/mol. The number of hydrogen-bond acceptors (Lipinski definition) is 1. The lowest BCUT2D eigenvalue weighted by atomic mass is 10.1. The Balaban J connectivity index is 2.07. The van der Waals surface area contributed by atoms with Crippen molar-refractivity contribution in [1.82, 2.24) is 0 Å². The van der Waals surface area contributed by atoms with Gasteiger partial charge < -0.3 is 5.32 Å². The smallest absolute Gasteiger partial charge is 0.0407 e. The first-order valence-corrected chi connectivity index (χ1v) is 6.85. The van der Waals surface area contributed by atoms with E-state index in [9.17, 15) is 0 Å². The van der Waals surface area contributed by atoms with Crippen LogP contribution < -0.4 is 5.32 Å². The van der Waals surface area contributed by atoms with Crippen LogP contribution in [-0.4, -0.2) is 6.54 Å². The molecule has 0 aliphatic heterocycles. The molecule has 0 atom stereocenters. The first kappa shape index (κ1) is 14.1. The Bertz CT molecular complexity index is 316. The van der Waals surface area contributed by atoms with Gasteiger partial charge in [-0.25, -0.2) is 0 Å². The van der Waals surface area contributed by atoms with E-state index in [1.165, 1.54) is 32.1 Å². The number of halogens is 1. The van der Waals surface area contributed by atoms with Crippen molar-refractivity contribution >= 4 is 17.3 Å². The van der Waals surface area contributed by atoms with Gasteiger partial charge in [0.2, 0.25) is 0 Å². The molecule has 0 amide bonds. The fraction of sp³-hybridized carbons (Fsp3) is 0.467. The van der Waals surface area contributed by atoms with E-state index in [0.717, 1.165) is 17.3 Å². The van der Waals surface area contributed by atoms with Crippen LogP contribution in [0.3, 0.4) is 0 Å². The van der Waals surface area contributed by atoms with Crippen LogP contribution in [0, 0.1) is 0 Å². The molecule has 0 saturated heterocycles. The van der Waals surface area contributed by atoms with Gasteiger partial charge in [-0.2, -0.15) is 0 Å². The maximum atomic E-state index is 5.81. The highest BCUT2D eigenvalue weighted by Crippen LogP contribution is 2.12. The quantitative estimate of drug-likeness (QED) is 0.490. The van der Waals surface area contributed by atoms with Gasteiger partial charge in [0.25, 0.3) is 0 Å². The summed E-state index contributed by atoms with van der Waals surface area (Å²) in [5.41, 5.74) is 1.12. The van der Waals surface area contributed by atoms with E-state index < -0.39 is 0 Å². The summed E-state index contributed by atoms with van der Waals surface area (Å²) in [6.07, 6.45) is 11.0. The highest BCUT2D eigenvalue weighted by atomic mass is 35.5. The minimum atomic E-state index is 0.780. The van der Waals surface area contributed by atoms with Crippen molar-refractivity contribution in [2.75, 3.05) is 11.9 Å². The Labute approximate surface area is 110 Å². The Hall–Kier alpha value is -0.950. The van der Waals surface area contributed by atoms with Crippen LogP contribution in [0.2, 0.25) is 5.02 Å². The van der Waals surface area contributed by atoms with E-state index in [1.807, 2.05) is 24.3 Å². The van der Waals surface area contributed by atoms with Crippen LogP contribution in [0.5, 0.6) is 0 Å². The van der Waals surface area contributed by atoms with Gasteiger partial charge in [0.15, 0.2) is 0 Å². The second-order valence-electron chi connectivity index (χ2n) is 4.21. The Morgan fingerprint density at radius 2 is 1.82 bits per heavy atom. The molecule has 0 bridgehead atoms. The molecule has 0 aliphatic carbocycles. The van der Waals surface area contributed by atoms with Crippen molar-refractivity contribution in [1.29, 1.82) is 0 Å². The molecule has 0 unspecified atom stereocenters. The van der Waals surface area contributed by atoms with E-state index in [2.05, 4.69) is 24.4 Å². The third-order valence-corrected chi connectivity index (χ3v) is 2.91. The minimum Gasteiger partial charge on any atom is -0.382 e. The molecule has 1 aromatic carbocycles. The maximum Gasteiger partial charge on any atom is 0.0407 e. The molecule has 0 heterocycles. The van der Waals surface area contributed by atoms with E-state index in [0.29, 0.717) is 0 Å². The number of unbranched alkanes of at least 4 members (excludes halogenated alkanes) is 4. The van der Waals surface area contributed by atoms with Crippen LogP contribution in [0.1, 0.15) is 39.0 Å². The van der Waals surface area contributed by atoms with Crippen LogP contribution in [0.25, 0.3) is 0 Å². The maximum absolute atomic E-state index is 5.81. The van der Waals surface area contributed by atoms with Crippen molar-refractivity contribution in [3.05, 3.63) is 41.4 Å². The number of rotatable bonds is 8. The molecule has 94 valence electrons. The molecule has 0 fully saturated rings. The third-order valence-electron chi connectivity index (χ3n) is 2.66. The Morgan fingerprint density at radius 1 is 1.06 bits per heavy atom. The van der Waals surface area contributed by atoms with E-state index in [1.54, 1.807) is 0 Å². The van der Waals surface area contributed by atoms with Gasteiger partial charge >= 0.3 is 0 Å². The Morgan fingerprint density at radius 3 is 2.53 bits per heavy atom. The molecular formula is C15H22ClN. The van der Waals surface area contributed by atoms with E-state index in [-0.39, 0.29) is 0 Å². The molecule has 1 aromatic rings. The summed E-state index contributed by atoms with van der Waals surface area (Å²) in [4.78, 5) is 0. The lowest BCUT2D eigenvalue weighted by molar-refractivity contribution is 0.674. The molecule has 0 aromatic heterocycles. The zero-order chi connectivity index (χ0) is 12.3. The average Bonchev–Trinajstić information content (AvgIpc) is 2.35. The zero-order valence-corrected chi connectivity index (χ0v) is 11.3. The summed E-state index contributed by atoms with van der Waals surface area (Å²) in [6.45, 7) is 3.13. The first-order valence-electron chi connectivity index (χ1n) is 6.47. The van der Waals surface area contributed by atoms with Gasteiger partial charge in [-0.1, -0.05) is 49.9 Å². The summed E-state index contributed by atoms with van der Waals surface area (Å²) in [5, 5.41) is 4.11. The molecule has 0 saturated carbocycles. The van der Waals surface area contributed by atoms with Crippen LogP contribution in [0.15, 0.2) is 36.4 Å². The van der Waals surface area contributed by atoms with Gasteiger partial charge in [0.1, 0.15) is 0 Å². The first-order chi connectivity index (χ1) is 8.33. The van der Waals surface area contributed by atoms with Crippen LogP contribution >= 0.6 is 11.6 Å². The summed E-state index contributed by atoms with van der Waals surface area (Å²) < 4.78 is 0. The SMILES string of the molecule is CCCCCC/C=C/CNc1ccc(Cl)cc1. The van der Waals surface area contributed by atoms with Crippen molar-refractivity contribution in [2.45, 2.75) is 39.0 Å². The second-order valence-corrected chi connectivity index (χ2v) is 4.64. The van der Waals surface area contributed by atoms with Gasteiger partial charge in [-0.15, -0.1) is 0 Å². The van der Waals surface area contributed by atoms with Crippen molar-refractivity contribution in [2.24, 2.45) is 0 Å². The fourth-order valence-corrected chi connectivity index (χ4v) is 1.76. The molecule has 0 aliphatic rings. The van der Waals surface area contributed by atoms with Gasteiger partial charge in [0.05, 0.1) is 0 Å². The predicted molar refractivity (Wildman–Crippen MR) is 77.8 cm³/mol. The molecule has 2 heteroatoms. The topological polar surface area (TPSA) is 12.0 Å². The predicted octanol–water partition coefficient (Wildman–Crippen LogP) is 5.28. The summed E-state index contributed by atoms with van der Waals surface area (Å²) >= 11 is 5.81. The summed E-state index contributed by atoms with van der Waals surface area (Å²) in [5.74, 6) is 0. The average molecular weight is 252 g/mol. The molecule has 1 N–H and O–H groups in total. The zero-order valence-electron chi connectivity index (χ0n) is 10.6. The molecule has 1 nitrogen and oxygen atoms in total. The molecule has 17 heavy (non-hydrogen) atoms. The number of anilines is 1. The summed E-state index contributed by atoms with van der Waals surface area (Å²) in [7, 11) is 0. The lowest BCUT2D eigenvalue weighted by Crippen LogP contribution is -1.97. The van der Waals surface area contributed by atoms with Crippen LogP contribution in [0.4, 0.5) is 5.69 Å². The van der Waals surface area contributed by atoms with Crippen molar-refractivity contribution < 1.29 is 0 Å². The lowest BCUT2D eigenvalue weighted by Gasteiger charge is -2.02. The number of benzene rings is 1. The fourth-order valence-electron chi connectivity index (χ4n) is 1.63.